The molecule has 0 radical (unpaired) electrons. The topological polar surface area (TPSA) is 263 Å². The van der Waals surface area contributed by atoms with Crippen molar-refractivity contribution in [1.82, 2.24) is 64.9 Å². The summed E-state index contributed by atoms with van der Waals surface area (Å²) >= 11 is 23.0. The molecule has 0 bridgehead atoms. The number of aromatic hydroxyl groups is 1. The zero-order chi connectivity index (χ0) is 77.6. The van der Waals surface area contributed by atoms with Crippen molar-refractivity contribution in [3.63, 3.8) is 0 Å². The molecule has 8 aliphatic rings. The Morgan fingerprint density at radius 2 is 0.820 bits per heavy atom. The number of piperidine rings is 4. The minimum atomic E-state index is -3.99. The number of amides is 6. The Bertz CT molecular complexity index is 4330. The molecule has 0 aliphatic carbocycles. The summed E-state index contributed by atoms with van der Waals surface area (Å²) in [7, 11) is -3.99. The van der Waals surface area contributed by atoms with Gasteiger partial charge in [0.25, 0.3) is 0 Å². The summed E-state index contributed by atoms with van der Waals surface area (Å²) in [6, 6.07) is 66.0. The number of rotatable bonds is 13. The van der Waals surface area contributed by atoms with Gasteiger partial charge in [0.15, 0.2) is 16.0 Å². The van der Waals surface area contributed by atoms with Gasteiger partial charge in [-0.3, -0.25) is 45.0 Å². The Kier molecular flexibility index (Phi) is 25.6. The number of para-hydroxylation sites is 2. The van der Waals surface area contributed by atoms with Crippen molar-refractivity contribution >= 4 is 115 Å². The van der Waals surface area contributed by atoms with Crippen LogP contribution in [-0.2, 0) is 55.4 Å². The number of sulfonamides is 1. The van der Waals surface area contributed by atoms with Gasteiger partial charge in [0.05, 0.1) is 65.7 Å². The van der Waals surface area contributed by atoms with Crippen LogP contribution < -0.4 is 37.2 Å². The summed E-state index contributed by atoms with van der Waals surface area (Å²) in [6.07, 6.45) is 9.24. The van der Waals surface area contributed by atoms with Crippen molar-refractivity contribution in [1.29, 1.82) is 0 Å². The minimum absolute atomic E-state index is 0.0681. The Morgan fingerprint density at radius 1 is 0.459 bits per heavy atom. The fraction of sp³-hybridized carbons (Fsp3) is 0.341. The fourth-order valence-corrected chi connectivity index (χ4v) is 18.6. The molecule has 8 saturated heterocycles. The fourth-order valence-electron chi connectivity index (χ4n) is 15.8. The van der Waals surface area contributed by atoms with E-state index in [1.54, 1.807) is 12.4 Å². The lowest BCUT2D eigenvalue weighted by Crippen LogP contribution is -2.59. The largest absolute Gasteiger partial charge is 0.505 e. The molecule has 0 unspecified atom stereocenters. The van der Waals surface area contributed by atoms with E-state index >= 15 is 0 Å². The molecular weight excluding hydrogens is 1500 g/mol. The lowest BCUT2D eigenvalue weighted by molar-refractivity contribution is -0.133. The van der Waals surface area contributed by atoms with Crippen LogP contribution in [0.2, 0.25) is 10.0 Å². The van der Waals surface area contributed by atoms with Crippen LogP contribution in [0.1, 0.15) is 73.6 Å². The summed E-state index contributed by atoms with van der Waals surface area (Å²) in [6.45, 7) is 8.82. The van der Waals surface area contributed by atoms with E-state index in [2.05, 4.69) is 81.2 Å². The number of pyridine rings is 1. The van der Waals surface area contributed by atoms with Crippen LogP contribution in [0.25, 0.3) is 0 Å². The number of nitrogens with zero attached hydrogens (tertiary/aromatic N) is 9. The van der Waals surface area contributed by atoms with Crippen molar-refractivity contribution in [3.05, 3.63) is 251 Å². The molecule has 6 amide bonds. The van der Waals surface area contributed by atoms with Gasteiger partial charge >= 0.3 is 6.03 Å². The van der Waals surface area contributed by atoms with E-state index in [4.69, 9.17) is 47.6 Å². The lowest BCUT2D eigenvalue weighted by Gasteiger charge is -2.45. The smallest absolute Gasteiger partial charge is 0.321 e. The van der Waals surface area contributed by atoms with E-state index in [1.165, 1.54) is 16.4 Å². The van der Waals surface area contributed by atoms with E-state index in [1.807, 2.05) is 189 Å². The Balaban J connectivity index is 0.000000130. The highest BCUT2D eigenvalue weighted by molar-refractivity contribution is 7.89. The molecular formula is C82H92Cl2N16O8S3. The Hall–Kier alpha value is -9.65. The predicted molar refractivity (Wildman–Crippen MR) is 438 cm³/mol. The molecule has 0 saturated carbocycles. The molecule has 1 aromatic heterocycles. The predicted octanol–water partition coefficient (Wildman–Crippen LogP) is 10.5. The normalized spacial score (nSPS) is 19.0. The first-order valence-electron chi connectivity index (χ1n) is 37.4. The second-order valence-corrected chi connectivity index (χ2v) is 32.4. The Morgan fingerprint density at radius 3 is 1.23 bits per heavy atom. The van der Waals surface area contributed by atoms with Crippen molar-refractivity contribution in [2.45, 2.75) is 105 Å². The summed E-state index contributed by atoms with van der Waals surface area (Å²) < 4.78 is 27.5. The standard InChI is InChI=1S/C21H24N4O2.C21H24N4OS.C20H21Cl2N3O4S.C20H23N5OS/c2*26-19-15-22-21(25(19)16-17-7-3-1-4-8-17)11-13-24(14-12-21)20(27)23-18-9-5-2-6-10-18;21-15-10-16(22)19(27)17(11-15)30(28,29)25-8-6-20(7-9-25)23-18(26)13-24(20)12-14-4-2-1-3-5-14;26-18-14-22-20(25(18)15-16-5-2-1-3-6-16)8-11-24(12-9-20)19(27)23-17-7-4-10-21-13-17/h2*1-10,22H,11-16H2,(H,23,27);1-5,10-11,27H,6-9,12-13H2,(H,23,26);1-7,10,13,22H,8-9,11-12,14-15H2,(H,23,27). The molecule has 24 nitrogen and oxygen atoms in total. The number of anilines is 3. The number of phenolic OH excluding ortho intramolecular Hbond substituents is 1. The maximum absolute atomic E-state index is 13.1. The van der Waals surface area contributed by atoms with Gasteiger partial charge in [-0.05, 0) is 108 Å². The Labute approximate surface area is 668 Å². The van der Waals surface area contributed by atoms with Crippen molar-refractivity contribution in [3.8, 4) is 5.75 Å². The maximum atomic E-state index is 13.1. The monoisotopic (exact) mass is 1590 g/mol. The molecule has 8 N–H and O–H groups in total. The quantitative estimate of drug-likeness (QED) is 0.0499. The molecule has 111 heavy (non-hydrogen) atoms. The summed E-state index contributed by atoms with van der Waals surface area (Å²) in [4.78, 5) is 80.3. The van der Waals surface area contributed by atoms with Gasteiger partial charge in [-0.2, -0.15) is 4.31 Å². The number of hydrogen-bond acceptors (Lipinski definition) is 15. The van der Waals surface area contributed by atoms with Crippen LogP contribution in [0, 0.1) is 0 Å². The SMILES string of the molecule is O=C(Nc1ccccc1)N1CCC2(CC1)NCC(=O)N2Cc1ccccc1.O=C1CN(Cc2ccccc2)C2(CCN(S(=O)(=O)c3cc(Cl)cc(Cl)c3O)CC2)N1.O=C1CNC2(CCN(C(=S)Nc3ccccc3)CC2)N1Cc1ccccc1.O=C1CNC2(CCN(C(=S)Nc3cccnc3)CC2)N1Cc1ccccc1. The van der Waals surface area contributed by atoms with Gasteiger partial charge in [0, 0.05) is 140 Å². The summed E-state index contributed by atoms with van der Waals surface area (Å²) in [5, 5.41) is 34.6. The van der Waals surface area contributed by atoms with E-state index in [-0.39, 0.29) is 81.2 Å². The molecule has 4 spiro atoms. The molecule has 16 rings (SSSR count). The van der Waals surface area contributed by atoms with Crippen LogP contribution in [-0.4, -0.2) is 198 Å². The first-order chi connectivity index (χ1) is 53.7. The second-order valence-electron chi connectivity index (χ2n) is 28.8. The number of halogens is 2. The number of phenols is 1. The number of urea groups is 1. The number of carbonyl (C=O) groups excluding carboxylic acids is 5. The zero-order valence-corrected chi connectivity index (χ0v) is 65.5. The van der Waals surface area contributed by atoms with Gasteiger partial charge in [-0.1, -0.05) is 181 Å². The van der Waals surface area contributed by atoms with E-state index in [0.717, 1.165) is 109 Å². The highest BCUT2D eigenvalue weighted by atomic mass is 35.5. The summed E-state index contributed by atoms with van der Waals surface area (Å²) in [5.41, 5.74) is 5.75. The third kappa shape index (κ3) is 19.1. The number of carbonyl (C=O) groups is 5. The molecule has 7 aromatic carbocycles. The van der Waals surface area contributed by atoms with Gasteiger partial charge in [0.2, 0.25) is 33.7 Å². The molecule has 29 heteroatoms. The number of hydrogen-bond donors (Lipinski definition) is 8. The number of thiocarbonyl (C=S) groups is 2. The third-order valence-electron chi connectivity index (χ3n) is 22.0. The average Bonchev–Trinajstić information content (AvgIpc) is 1.72. The minimum Gasteiger partial charge on any atom is -0.505 e. The molecule has 9 heterocycles. The number of nitrogens with one attached hydrogen (secondary N) is 7. The molecule has 8 aromatic rings. The van der Waals surface area contributed by atoms with E-state index in [9.17, 15) is 37.5 Å². The summed E-state index contributed by atoms with van der Waals surface area (Å²) in [5.74, 6) is -0.107. The lowest BCUT2D eigenvalue weighted by atomic mass is 9.95. The highest BCUT2D eigenvalue weighted by Gasteiger charge is 2.51. The molecule has 8 fully saturated rings. The van der Waals surface area contributed by atoms with Crippen molar-refractivity contribution < 1.29 is 37.5 Å². The van der Waals surface area contributed by atoms with Crippen LogP contribution in [0.15, 0.2) is 224 Å². The van der Waals surface area contributed by atoms with E-state index in [0.29, 0.717) is 76.9 Å². The average molecular weight is 1600 g/mol. The molecule has 0 atom stereocenters. The number of likely N-dealkylation sites (tertiary alicyclic amines) is 3. The zero-order valence-electron chi connectivity index (χ0n) is 61.6. The van der Waals surface area contributed by atoms with E-state index < -0.39 is 21.4 Å². The first-order valence-corrected chi connectivity index (χ1v) is 40.5. The van der Waals surface area contributed by atoms with Crippen LogP contribution in [0.3, 0.4) is 0 Å². The van der Waals surface area contributed by atoms with Crippen LogP contribution in [0.5, 0.6) is 5.75 Å². The first kappa shape index (κ1) is 79.4. The highest BCUT2D eigenvalue weighted by Crippen LogP contribution is 2.40. The molecule has 580 valence electrons. The maximum Gasteiger partial charge on any atom is 0.321 e. The van der Waals surface area contributed by atoms with Crippen molar-refractivity contribution in [2.75, 3.05) is 94.5 Å². The van der Waals surface area contributed by atoms with Gasteiger partial charge in [-0.25, -0.2) is 13.2 Å². The van der Waals surface area contributed by atoms with Gasteiger partial charge < -0.3 is 55.8 Å². The number of aromatic nitrogens is 1. The second kappa shape index (κ2) is 35.8. The van der Waals surface area contributed by atoms with Crippen LogP contribution >= 0.6 is 47.6 Å². The van der Waals surface area contributed by atoms with Gasteiger partial charge in [-0.15, -0.1) is 0 Å². The third-order valence-corrected chi connectivity index (χ3v) is 25.1. The van der Waals surface area contributed by atoms with Gasteiger partial charge in [0.1, 0.15) is 4.90 Å². The molecule has 8 aliphatic heterocycles. The number of benzene rings is 7. The van der Waals surface area contributed by atoms with Crippen LogP contribution in [0.4, 0.5) is 21.9 Å². The van der Waals surface area contributed by atoms with Crippen molar-refractivity contribution in [2.24, 2.45) is 0 Å².